The zero-order valence-corrected chi connectivity index (χ0v) is 21.9. The third kappa shape index (κ3) is 6.63. The van der Waals surface area contributed by atoms with Gasteiger partial charge in [-0.2, -0.15) is 18.3 Å². The maximum Gasteiger partial charge on any atom is 0.390 e. The SMILES string of the molecule is CCCNC(=O)c1ccc(-c2cnc3c(NCCC(F)(F)F)cc(Sc4cc(C)cc(F)c4)nn23)cc1C. The number of anilines is 1. The van der Waals surface area contributed by atoms with Crippen molar-refractivity contribution in [1.82, 2.24) is 19.9 Å². The summed E-state index contributed by atoms with van der Waals surface area (Å²) in [5.74, 6) is -0.550. The Hall–Kier alpha value is -3.60. The number of fused-ring (bicyclic) bond motifs is 1. The zero-order valence-electron chi connectivity index (χ0n) is 21.1. The molecule has 6 nitrogen and oxygen atoms in total. The van der Waals surface area contributed by atoms with E-state index < -0.39 is 12.6 Å². The van der Waals surface area contributed by atoms with Gasteiger partial charge < -0.3 is 10.6 Å². The highest BCUT2D eigenvalue weighted by Crippen LogP contribution is 2.33. The van der Waals surface area contributed by atoms with Crippen LogP contribution in [0.3, 0.4) is 0 Å². The third-order valence-electron chi connectivity index (χ3n) is 5.71. The molecule has 0 atom stereocenters. The van der Waals surface area contributed by atoms with Crippen LogP contribution in [0.25, 0.3) is 16.9 Å². The van der Waals surface area contributed by atoms with E-state index in [0.717, 1.165) is 23.1 Å². The normalized spacial score (nSPS) is 11.7. The third-order valence-corrected chi connectivity index (χ3v) is 6.59. The van der Waals surface area contributed by atoms with E-state index >= 15 is 0 Å². The van der Waals surface area contributed by atoms with Gasteiger partial charge in [0.05, 0.1) is 24.0 Å². The van der Waals surface area contributed by atoms with Gasteiger partial charge in [0, 0.05) is 29.1 Å². The smallest absolute Gasteiger partial charge is 0.382 e. The van der Waals surface area contributed by atoms with Gasteiger partial charge in [-0.1, -0.05) is 24.8 Å². The Bertz CT molecular complexity index is 1450. The molecule has 1 amide bonds. The number of rotatable bonds is 9. The summed E-state index contributed by atoms with van der Waals surface area (Å²) in [6.45, 7) is 5.82. The van der Waals surface area contributed by atoms with Gasteiger partial charge in [-0.05, 0) is 67.8 Å². The van der Waals surface area contributed by atoms with Crippen molar-refractivity contribution in [2.75, 3.05) is 18.4 Å². The molecule has 0 saturated heterocycles. The molecular weight excluding hydrogens is 518 g/mol. The molecule has 0 unspecified atom stereocenters. The molecule has 0 bridgehead atoms. The summed E-state index contributed by atoms with van der Waals surface area (Å²) in [5, 5.41) is 10.8. The molecule has 0 aliphatic carbocycles. The lowest BCUT2D eigenvalue weighted by atomic mass is 10.0. The van der Waals surface area contributed by atoms with E-state index in [0.29, 0.717) is 39.1 Å². The molecule has 4 aromatic rings. The van der Waals surface area contributed by atoms with Gasteiger partial charge in [-0.3, -0.25) is 4.79 Å². The minimum Gasteiger partial charge on any atom is -0.382 e. The standard InChI is InChI=1S/C27H27F4N5OS/c1-4-8-33-26(37)21-6-5-18(12-17(21)3)23-15-34-25-22(32-9-7-27(29,30)31)14-24(35-36(23)25)38-20-11-16(2)10-19(28)13-20/h5-6,10-15,32H,4,7-9H2,1-3H3,(H,33,37). The number of carbonyl (C=O) groups excluding carboxylic acids is 1. The van der Waals surface area contributed by atoms with Crippen molar-refractivity contribution in [3.63, 3.8) is 0 Å². The van der Waals surface area contributed by atoms with E-state index in [1.807, 2.05) is 19.9 Å². The van der Waals surface area contributed by atoms with E-state index in [1.165, 1.54) is 23.9 Å². The van der Waals surface area contributed by atoms with E-state index in [2.05, 4.69) is 20.7 Å². The highest BCUT2D eigenvalue weighted by molar-refractivity contribution is 7.99. The van der Waals surface area contributed by atoms with Crippen molar-refractivity contribution in [2.45, 2.75) is 49.7 Å². The van der Waals surface area contributed by atoms with E-state index in [9.17, 15) is 22.4 Å². The van der Waals surface area contributed by atoms with E-state index in [1.54, 1.807) is 41.9 Å². The van der Waals surface area contributed by atoms with Gasteiger partial charge in [-0.25, -0.2) is 13.9 Å². The lowest BCUT2D eigenvalue weighted by Crippen LogP contribution is -2.24. The Balaban J connectivity index is 1.74. The van der Waals surface area contributed by atoms with E-state index in [-0.39, 0.29) is 18.3 Å². The van der Waals surface area contributed by atoms with Crippen LogP contribution in [0.1, 0.15) is 41.3 Å². The fourth-order valence-electron chi connectivity index (χ4n) is 3.96. The van der Waals surface area contributed by atoms with Gasteiger partial charge in [0.25, 0.3) is 5.91 Å². The second-order valence-electron chi connectivity index (χ2n) is 8.92. The second-order valence-corrected chi connectivity index (χ2v) is 10.0. The number of aryl methyl sites for hydroxylation is 2. The summed E-state index contributed by atoms with van der Waals surface area (Å²) in [4.78, 5) is 17.5. The summed E-state index contributed by atoms with van der Waals surface area (Å²) >= 11 is 1.19. The molecule has 200 valence electrons. The minimum atomic E-state index is -4.31. The number of halogens is 4. The number of nitrogens with one attached hydrogen (secondary N) is 2. The number of carbonyl (C=O) groups is 1. The minimum absolute atomic E-state index is 0.160. The van der Waals surface area contributed by atoms with Crippen LogP contribution in [0.15, 0.2) is 58.6 Å². The summed E-state index contributed by atoms with van der Waals surface area (Å²) in [5.41, 5.74) is 4.10. The van der Waals surface area contributed by atoms with E-state index in [4.69, 9.17) is 0 Å². The summed E-state index contributed by atoms with van der Waals surface area (Å²) < 4.78 is 53.9. The first kappa shape index (κ1) is 27.4. The molecule has 4 rings (SSSR count). The number of imidazole rings is 1. The van der Waals surface area contributed by atoms with Crippen LogP contribution in [0.4, 0.5) is 23.2 Å². The number of amides is 1. The van der Waals surface area contributed by atoms with Crippen LogP contribution in [0.2, 0.25) is 0 Å². The fraction of sp³-hybridized carbons (Fsp3) is 0.296. The predicted octanol–water partition coefficient (Wildman–Crippen LogP) is 6.81. The topological polar surface area (TPSA) is 71.3 Å². The number of aromatic nitrogens is 3. The Kier molecular flexibility index (Phi) is 8.25. The molecule has 0 aliphatic heterocycles. The first-order valence-corrected chi connectivity index (χ1v) is 12.9. The van der Waals surface area contributed by atoms with Gasteiger partial charge in [0.2, 0.25) is 0 Å². The zero-order chi connectivity index (χ0) is 27.4. The van der Waals surface area contributed by atoms with Crippen LogP contribution < -0.4 is 10.6 Å². The summed E-state index contributed by atoms with van der Waals surface area (Å²) in [7, 11) is 0. The number of benzene rings is 2. The van der Waals surface area contributed by atoms with Crippen molar-refractivity contribution in [3.8, 4) is 11.3 Å². The van der Waals surface area contributed by atoms with Crippen LogP contribution >= 0.6 is 11.8 Å². The Labute approximate surface area is 221 Å². The number of hydrogen-bond acceptors (Lipinski definition) is 5. The molecule has 11 heteroatoms. The molecule has 2 aromatic carbocycles. The van der Waals surface area contributed by atoms with Crippen LogP contribution in [-0.2, 0) is 0 Å². The number of alkyl halides is 3. The monoisotopic (exact) mass is 545 g/mol. The highest BCUT2D eigenvalue weighted by Gasteiger charge is 2.26. The maximum atomic E-state index is 14.0. The molecule has 0 fully saturated rings. The molecule has 2 N–H and O–H groups in total. The van der Waals surface area contributed by atoms with Crippen LogP contribution in [-0.4, -0.2) is 39.8 Å². The van der Waals surface area contributed by atoms with Crippen LogP contribution in [0, 0.1) is 19.7 Å². The fourth-order valence-corrected chi connectivity index (χ4v) is 4.91. The van der Waals surface area contributed by atoms with Crippen molar-refractivity contribution < 1.29 is 22.4 Å². The quantitative estimate of drug-likeness (QED) is 0.226. The first-order chi connectivity index (χ1) is 18.0. The molecule has 38 heavy (non-hydrogen) atoms. The molecule has 2 aromatic heterocycles. The van der Waals surface area contributed by atoms with Crippen molar-refractivity contribution in [2.24, 2.45) is 0 Å². The second kappa shape index (κ2) is 11.4. The number of nitrogens with zero attached hydrogens (tertiary/aromatic N) is 3. The van der Waals surface area contributed by atoms with Gasteiger partial charge >= 0.3 is 6.18 Å². The number of hydrogen-bond donors (Lipinski definition) is 2. The Morgan fingerprint density at radius 1 is 1.08 bits per heavy atom. The average molecular weight is 546 g/mol. The highest BCUT2D eigenvalue weighted by atomic mass is 32.2. The lowest BCUT2D eigenvalue weighted by Gasteiger charge is -2.13. The van der Waals surface area contributed by atoms with Crippen molar-refractivity contribution in [1.29, 1.82) is 0 Å². The molecule has 0 spiro atoms. The predicted molar refractivity (Wildman–Crippen MR) is 140 cm³/mol. The molecule has 0 radical (unpaired) electrons. The largest absolute Gasteiger partial charge is 0.390 e. The van der Waals surface area contributed by atoms with Crippen molar-refractivity contribution >= 4 is 29.0 Å². The lowest BCUT2D eigenvalue weighted by molar-refractivity contribution is -0.131. The van der Waals surface area contributed by atoms with Crippen molar-refractivity contribution in [3.05, 3.63) is 71.2 Å². The van der Waals surface area contributed by atoms with Crippen LogP contribution in [0.5, 0.6) is 0 Å². The summed E-state index contributed by atoms with van der Waals surface area (Å²) in [6, 6.07) is 11.6. The molecule has 0 aliphatic rings. The maximum absolute atomic E-state index is 14.0. The first-order valence-electron chi connectivity index (χ1n) is 12.1. The Morgan fingerprint density at radius 2 is 1.87 bits per heavy atom. The average Bonchev–Trinajstić information content (AvgIpc) is 3.25. The molecule has 0 saturated carbocycles. The molecular formula is C27H27F4N5OS. The summed E-state index contributed by atoms with van der Waals surface area (Å²) in [6.07, 6.45) is -2.91. The molecule has 2 heterocycles. The van der Waals surface area contributed by atoms with Gasteiger partial charge in [0.15, 0.2) is 5.65 Å². The Morgan fingerprint density at radius 3 is 2.55 bits per heavy atom. The van der Waals surface area contributed by atoms with Gasteiger partial charge in [-0.15, -0.1) is 0 Å². The van der Waals surface area contributed by atoms with Gasteiger partial charge in [0.1, 0.15) is 10.8 Å².